The molecule has 1 aromatic heterocycles. The summed E-state index contributed by atoms with van der Waals surface area (Å²) in [6.45, 7) is 0.454. The van der Waals surface area contributed by atoms with Crippen LogP contribution in [0.25, 0.3) is 11.3 Å². The smallest absolute Gasteiger partial charge is 0.335 e. The molecule has 3 rings (SSSR count). The minimum absolute atomic E-state index is 0.174. The lowest BCUT2D eigenvalue weighted by atomic mass is 10.1. The summed E-state index contributed by atoms with van der Waals surface area (Å²) in [5, 5.41) is 9.09. The lowest BCUT2D eigenvalue weighted by Gasteiger charge is -2.26. The van der Waals surface area contributed by atoms with Gasteiger partial charge in [0.05, 0.1) is 35.4 Å². The summed E-state index contributed by atoms with van der Waals surface area (Å²) in [5.41, 5.74) is 1.95. The Labute approximate surface area is 152 Å². The van der Waals surface area contributed by atoms with Crippen molar-refractivity contribution < 1.29 is 18.3 Å². The van der Waals surface area contributed by atoms with Crippen LogP contribution in [0.3, 0.4) is 0 Å². The minimum atomic E-state index is -3.52. The minimum Gasteiger partial charge on any atom is -0.478 e. The van der Waals surface area contributed by atoms with Crippen molar-refractivity contribution in [3.05, 3.63) is 47.9 Å². The van der Waals surface area contributed by atoms with Crippen LogP contribution in [0.5, 0.6) is 0 Å². The Morgan fingerprint density at radius 3 is 2.65 bits per heavy atom. The molecule has 9 heteroatoms. The van der Waals surface area contributed by atoms with Gasteiger partial charge in [-0.15, -0.1) is 0 Å². The molecule has 0 bridgehead atoms. The van der Waals surface area contributed by atoms with Crippen LogP contribution in [0.15, 0.2) is 36.7 Å². The number of rotatable bonds is 5. The van der Waals surface area contributed by atoms with E-state index in [0.29, 0.717) is 29.9 Å². The maximum absolute atomic E-state index is 12.5. The normalized spacial score (nSPS) is 18.3. The van der Waals surface area contributed by atoms with Crippen LogP contribution in [-0.4, -0.2) is 58.7 Å². The van der Waals surface area contributed by atoms with Crippen molar-refractivity contribution in [2.45, 2.75) is 18.9 Å². The van der Waals surface area contributed by atoms with Gasteiger partial charge in [0.2, 0.25) is 0 Å². The van der Waals surface area contributed by atoms with Crippen LogP contribution in [0.1, 0.15) is 34.9 Å². The van der Waals surface area contributed by atoms with E-state index in [4.69, 9.17) is 5.11 Å². The van der Waals surface area contributed by atoms with E-state index in [0.717, 1.165) is 6.42 Å². The predicted octanol–water partition coefficient (Wildman–Crippen LogP) is 1.79. The molecule has 1 aliphatic rings. The van der Waals surface area contributed by atoms with Crippen molar-refractivity contribution in [2.75, 3.05) is 20.6 Å². The first-order chi connectivity index (χ1) is 12.3. The SMILES string of the molecule is CN(C)S(=O)(=O)N1CCC[C@H]1c1cnc(-c2cccc(C(=O)O)c2)cn1. The molecule has 0 aliphatic carbocycles. The molecule has 1 aliphatic heterocycles. The Balaban J connectivity index is 1.88. The van der Waals surface area contributed by atoms with E-state index in [1.54, 1.807) is 24.5 Å². The molecule has 8 nitrogen and oxygen atoms in total. The fourth-order valence-corrected chi connectivity index (χ4v) is 4.31. The summed E-state index contributed by atoms with van der Waals surface area (Å²) in [6, 6.07) is 6.11. The van der Waals surface area contributed by atoms with Crippen molar-refractivity contribution in [1.82, 2.24) is 18.6 Å². The van der Waals surface area contributed by atoms with Gasteiger partial charge in [0.1, 0.15) is 0 Å². The van der Waals surface area contributed by atoms with Crippen LogP contribution in [0, 0.1) is 0 Å². The maximum atomic E-state index is 12.5. The van der Waals surface area contributed by atoms with E-state index in [1.165, 1.54) is 34.8 Å². The molecule has 2 aromatic rings. The molecule has 1 fully saturated rings. The zero-order chi connectivity index (χ0) is 18.9. The zero-order valence-electron chi connectivity index (χ0n) is 14.5. The van der Waals surface area contributed by atoms with Gasteiger partial charge in [-0.05, 0) is 25.0 Å². The third kappa shape index (κ3) is 3.46. The zero-order valence-corrected chi connectivity index (χ0v) is 15.3. The van der Waals surface area contributed by atoms with Gasteiger partial charge in [0.25, 0.3) is 10.2 Å². The molecule has 138 valence electrons. The lowest BCUT2D eigenvalue weighted by molar-refractivity contribution is 0.0697. The molecule has 1 aromatic carbocycles. The van der Waals surface area contributed by atoms with E-state index in [9.17, 15) is 13.2 Å². The summed E-state index contributed by atoms with van der Waals surface area (Å²) >= 11 is 0. The van der Waals surface area contributed by atoms with Gasteiger partial charge < -0.3 is 5.11 Å². The van der Waals surface area contributed by atoms with Gasteiger partial charge in [-0.25, -0.2) is 4.79 Å². The summed E-state index contributed by atoms with van der Waals surface area (Å²) in [7, 11) is -0.500. The van der Waals surface area contributed by atoms with Crippen LogP contribution in [0.4, 0.5) is 0 Å². The van der Waals surface area contributed by atoms with Crippen molar-refractivity contribution in [3.8, 4) is 11.3 Å². The number of carbonyl (C=O) groups is 1. The lowest BCUT2D eigenvalue weighted by Crippen LogP contribution is -2.39. The molecule has 0 radical (unpaired) electrons. The average Bonchev–Trinajstić information content (AvgIpc) is 3.12. The molecule has 0 unspecified atom stereocenters. The molecule has 0 saturated carbocycles. The molecule has 1 atom stereocenters. The van der Waals surface area contributed by atoms with E-state index in [2.05, 4.69) is 9.97 Å². The Bertz CT molecular complexity index is 913. The number of hydrogen-bond donors (Lipinski definition) is 1. The van der Waals surface area contributed by atoms with Gasteiger partial charge in [0, 0.05) is 26.2 Å². The third-order valence-electron chi connectivity index (χ3n) is 4.38. The molecule has 2 heterocycles. The van der Waals surface area contributed by atoms with Crippen molar-refractivity contribution in [2.24, 2.45) is 0 Å². The number of aromatic nitrogens is 2. The van der Waals surface area contributed by atoms with E-state index < -0.39 is 16.2 Å². The number of benzene rings is 1. The standard InChI is InChI=1S/C17H20N4O4S/c1-20(2)26(24,25)21-8-4-7-16(21)15-11-18-14(10-19-15)12-5-3-6-13(9-12)17(22)23/h3,5-6,9-11,16H,4,7-8H2,1-2H3,(H,22,23)/t16-/m0/s1. The topological polar surface area (TPSA) is 104 Å². The number of hydrogen-bond acceptors (Lipinski definition) is 5. The first-order valence-electron chi connectivity index (χ1n) is 8.15. The van der Waals surface area contributed by atoms with Crippen LogP contribution >= 0.6 is 0 Å². The van der Waals surface area contributed by atoms with E-state index in [-0.39, 0.29) is 11.6 Å². The highest BCUT2D eigenvalue weighted by Crippen LogP contribution is 2.33. The number of carboxylic acids is 1. The number of aromatic carboxylic acids is 1. The highest BCUT2D eigenvalue weighted by molar-refractivity contribution is 7.86. The number of carboxylic acid groups (broad SMARTS) is 1. The second kappa shape index (κ2) is 7.10. The fraction of sp³-hybridized carbons (Fsp3) is 0.353. The van der Waals surface area contributed by atoms with Crippen LogP contribution in [0.2, 0.25) is 0 Å². The average molecular weight is 376 g/mol. The summed E-state index contributed by atoms with van der Waals surface area (Å²) in [5.74, 6) is -1.01. The third-order valence-corrected chi connectivity index (χ3v) is 6.33. The molecule has 0 spiro atoms. The summed E-state index contributed by atoms with van der Waals surface area (Å²) < 4.78 is 27.6. The van der Waals surface area contributed by atoms with Crippen molar-refractivity contribution >= 4 is 16.2 Å². The molecule has 1 saturated heterocycles. The first-order valence-corrected chi connectivity index (χ1v) is 9.55. The second-order valence-corrected chi connectivity index (χ2v) is 8.37. The molecule has 26 heavy (non-hydrogen) atoms. The van der Waals surface area contributed by atoms with Gasteiger partial charge in [-0.3, -0.25) is 9.97 Å². The highest BCUT2D eigenvalue weighted by atomic mass is 32.2. The maximum Gasteiger partial charge on any atom is 0.335 e. The summed E-state index contributed by atoms with van der Waals surface area (Å²) in [6.07, 6.45) is 4.57. The Hall–Kier alpha value is -2.36. The molecular formula is C17H20N4O4S. The predicted molar refractivity (Wildman–Crippen MR) is 95.7 cm³/mol. The van der Waals surface area contributed by atoms with E-state index >= 15 is 0 Å². The van der Waals surface area contributed by atoms with Crippen molar-refractivity contribution in [1.29, 1.82) is 0 Å². The Morgan fingerprint density at radius 2 is 2.04 bits per heavy atom. The Morgan fingerprint density at radius 1 is 1.27 bits per heavy atom. The molecular weight excluding hydrogens is 356 g/mol. The van der Waals surface area contributed by atoms with Gasteiger partial charge in [-0.2, -0.15) is 17.0 Å². The first kappa shape index (κ1) is 18.4. The molecule has 1 N–H and O–H groups in total. The number of nitrogens with zero attached hydrogens (tertiary/aromatic N) is 4. The monoisotopic (exact) mass is 376 g/mol. The quantitative estimate of drug-likeness (QED) is 0.853. The van der Waals surface area contributed by atoms with Crippen LogP contribution in [-0.2, 0) is 10.2 Å². The van der Waals surface area contributed by atoms with Gasteiger partial charge >= 0.3 is 5.97 Å². The highest BCUT2D eigenvalue weighted by Gasteiger charge is 2.37. The van der Waals surface area contributed by atoms with Crippen molar-refractivity contribution in [3.63, 3.8) is 0 Å². The van der Waals surface area contributed by atoms with Gasteiger partial charge in [-0.1, -0.05) is 12.1 Å². The summed E-state index contributed by atoms with van der Waals surface area (Å²) in [4.78, 5) is 19.9. The molecule has 0 amide bonds. The largest absolute Gasteiger partial charge is 0.478 e. The Kier molecular flexibility index (Phi) is 5.03. The van der Waals surface area contributed by atoms with Gasteiger partial charge in [0.15, 0.2) is 0 Å². The second-order valence-electron chi connectivity index (χ2n) is 6.27. The fourth-order valence-electron chi connectivity index (χ4n) is 2.99. The van der Waals surface area contributed by atoms with Crippen LogP contribution < -0.4 is 0 Å². The van der Waals surface area contributed by atoms with E-state index in [1.807, 2.05) is 0 Å².